The summed E-state index contributed by atoms with van der Waals surface area (Å²) in [7, 11) is 0. The van der Waals surface area contributed by atoms with Crippen LogP contribution in [0.2, 0.25) is 0 Å². The number of fused-ring (bicyclic) bond motifs is 1. The molecule has 5 nitrogen and oxygen atoms in total. The Hall–Kier alpha value is -1.62. The Kier molecular flexibility index (Phi) is 4.10. The van der Waals surface area contributed by atoms with Gasteiger partial charge in [0.2, 0.25) is 0 Å². The van der Waals surface area contributed by atoms with Gasteiger partial charge in [0.05, 0.1) is 5.56 Å². The zero-order valence-corrected chi connectivity index (χ0v) is 12.5. The second-order valence-electron chi connectivity index (χ2n) is 6.03. The lowest BCUT2D eigenvalue weighted by Gasteiger charge is -2.08. The summed E-state index contributed by atoms with van der Waals surface area (Å²) in [5, 5.41) is 6.24. The van der Waals surface area contributed by atoms with Crippen molar-refractivity contribution >= 4 is 11.7 Å². The molecule has 1 saturated heterocycles. The molecular weight excluding hydrogens is 268 g/mol. The Balaban J connectivity index is 1.63. The van der Waals surface area contributed by atoms with Crippen LogP contribution in [0.5, 0.6) is 0 Å². The van der Waals surface area contributed by atoms with Gasteiger partial charge in [0.25, 0.3) is 5.91 Å². The number of furan rings is 1. The highest BCUT2D eigenvalue weighted by atomic mass is 16.4. The van der Waals surface area contributed by atoms with Crippen LogP contribution in [0, 0.1) is 12.8 Å². The predicted molar refractivity (Wildman–Crippen MR) is 78.6 cm³/mol. The highest BCUT2D eigenvalue weighted by molar-refractivity contribution is 6.03. The van der Waals surface area contributed by atoms with Crippen molar-refractivity contribution < 1.29 is 14.0 Å². The maximum Gasteiger partial charge on any atom is 0.287 e. The first-order valence-corrected chi connectivity index (χ1v) is 7.81. The molecule has 1 fully saturated rings. The van der Waals surface area contributed by atoms with Gasteiger partial charge in [-0.15, -0.1) is 0 Å². The monoisotopic (exact) mass is 290 g/mol. The van der Waals surface area contributed by atoms with Gasteiger partial charge in [0, 0.05) is 24.9 Å². The summed E-state index contributed by atoms with van der Waals surface area (Å²) >= 11 is 0. The van der Waals surface area contributed by atoms with Crippen molar-refractivity contribution in [2.24, 2.45) is 5.92 Å². The first-order valence-electron chi connectivity index (χ1n) is 7.81. The number of carbonyl (C=O) groups excluding carboxylic acids is 2. The number of ketones is 1. The quantitative estimate of drug-likeness (QED) is 0.887. The van der Waals surface area contributed by atoms with Gasteiger partial charge in [-0.25, -0.2) is 0 Å². The fraction of sp³-hybridized carbons (Fsp3) is 0.625. The normalized spacial score (nSPS) is 21.4. The van der Waals surface area contributed by atoms with E-state index in [-0.39, 0.29) is 11.7 Å². The van der Waals surface area contributed by atoms with Gasteiger partial charge in [-0.05, 0) is 45.2 Å². The zero-order valence-electron chi connectivity index (χ0n) is 12.5. The number of rotatable bonds is 4. The molecule has 2 heterocycles. The van der Waals surface area contributed by atoms with Crippen LogP contribution in [-0.4, -0.2) is 31.3 Å². The first kappa shape index (κ1) is 14.3. The largest absolute Gasteiger partial charge is 0.455 e. The maximum absolute atomic E-state index is 12.2. The molecule has 1 aliphatic carbocycles. The topological polar surface area (TPSA) is 71.3 Å². The van der Waals surface area contributed by atoms with Crippen molar-refractivity contribution in [1.29, 1.82) is 0 Å². The van der Waals surface area contributed by atoms with E-state index in [0.29, 0.717) is 41.5 Å². The van der Waals surface area contributed by atoms with E-state index in [1.54, 1.807) is 6.92 Å². The average molecular weight is 290 g/mol. The molecule has 1 amide bonds. The Morgan fingerprint density at radius 3 is 3.00 bits per heavy atom. The molecular formula is C16H22N2O3. The summed E-state index contributed by atoms with van der Waals surface area (Å²) in [4.78, 5) is 24.2. The van der Waals surface area contributed by atoms with Crippen LogP contribution < -0.4 is 10.6 Å². The number of hydrogen-bond donors (Lipinski definition) is 2. The Bertz CT molecular complexity index is 556. The summed E-state index contributed by atoms with van der Waals surface area (Å²) in [6, 6.07) is 0. The minimum atomic E-state index is -0.194. The third-order valence-corrected chi connectivity index (χ3v) is 4.51. The van der Waals surface area contributed by atoms with E-state index in [1.165, 1.54) is 6.42 Å². The molecule has 0 aromatic carbocycles. The lowest BCUT2D eigenvalue weighted by Crippen LogP contribution is -2.26. The highest BCUT2D eigenvalue weighted by Gasteiger charge is 2.28. The molecule has 1 unspecified atom stereocenters. The second kappa shape index (κ2) is 6.02. The van der Waals surface area contributed by atoms with Gasteiger partial charge < -0.3 is 15.1 Å². The summed E-state index contributed by atoms with van der Waals surface area (Å²) < 4.78 is 5.65. The number of amides is 1. The van der Waals surface area contributed by atoms with Gasteiger partial charge in [-0.1, -0.05) is 0 Å². The molecule has 21 heavy (non-hydrogen) atoms. The molecule has 2 N–H and O–H groups in total. The minimum Gasteiger partial charge on any atom is -0.455 e. The minimum absolute atomic E-state index is 0.105. The third-order valence-electron chi connectivity index (χ3n) is 4.51. The van der Waals surface area contributed by atoms with Crippen molar-refractivity contribution in [3.8, 4) is 0 Å². The van der Waals surface area contributed by atoms with Gasteiger partial charge in [-0.3, -0.25) is 9.59 Å². The number of carbonyl (C=O) groups is 2. The smallest absolute Gasteiger partial charge is 0.287 e. The average Bonchev–Trinajstić information content (AvgIpc) is 3.08. The van der Waals surface area contributed by atoms with E-state index < -0.39 is 0 Å². The van der Waals surface area contributed by atoms with Gasteiger partial charge in [0.1, 0.15) is 5.76 Å². The van der Waals surface area contributed by atoms with Gasteiger partial charge >= 0.3 is 0 Å². The maximum atomic E-state index is 12.2. The molecule has 1 aromatic rings. The van der Waals surface area contributed by atoms with Crippen LogP contribution in [0.3, 0.4) is 0 Å². The van der Waals surface area contributed by atoms with Crippen molar-refractivity contribution in [2.45, 2.75) is 39.0 Å². The molecule has 0 bridgehead atoms. The van der Waals surface area contributed by atoms with Crippen LogP contribution >= 0.6 is 0 Å². The van der Waals surface area contributed by atoms with Crippen molar-refractivity contribution in [1.82, 2.24) is 10.6 Å². The molecule has 114 valence electrons. The molecule has 0 radical (unpaired) electrons. The van der Waals surface area contributed by atoms with E-state index >= 15 is 0 Å². The van der Waals surface area contributed by atoms with Crippen molar-refractivity contribution in [2.75, 3.05) is 19.6 Å². The fourth-order valence-electron chi connectivity index (χ4n) is 3.30. The first-order chi connectivity index (χ1) is 10.2. The molecule has 5 heteroatoms. The number of aryl methyl sites for hydroxylation is 1. The Morgan fingerprint density at radius 2 is 2.29 bits per heavy atom. The Morgan fingerprint density at radius 1 is 1.43 bits per heavy atom. The predicted octanol–water partition coefficient (Wildman–Crippen LogP) is 1.84. The third kappa shape index (κ3) is 2.88. The fourth-order valence-corrected chi connectivity index (χ4v) is 3.30. The SMILES string of the molecule is Cc1c(C(=O)NCCC2CCNC2)oc2c1C(=O)CCC2. The zero-order chi connectivity index (χ0) is 14.8. The summed E-state index contributed by atoms with van der Waals surface area (Å²) in [6.45, 7) is 4.58. The Labute approximate surface area is 124 Å². The number of nitrogens with one attached hydrogen (secondary N) is 2. The molecule has 1 aromatic heterocycles. The molecule has 1 atom stereocenters. The summed E-state index contributed by atoms with van der Waals surface area (Å²) in [5.74, 6) is 1.57. The van der Waals surface area contributed by atoms with E-state index in [1.807, 2.05) is 0 Å². The molecule has 2 aliphatic rings. The number of Topliss-reactive ketones (excluding diaryl/α,β-unsaturated/α-hetero) is 1. The van der Waals surface area contributed by atoms with E-state index in [2.05, 4.69) is 10.6 Å². The van der Waals surface area contributed by atoms with Crippen LogP contribution in [0.4, 0.5) is 0 Å². The van der Waals surface area contributed by atoms with Crippen LogP contribution in [0.15, 0.2) is 4.42 Å². The standard InChI is InChI=1S/C16H22N2O3/c1-10-14-12(19)3-2-4-13(14)21-15(10)16(20)18-8-6-11-5-7-17-9-11/h11,17H,2-9H2,1H3,(H,18,20). The molecule has 0 spiro atoms. The lowest BCUT2D eigenvalue weighted by atomic mass is 9.94. The van der Waals surface area contributed by atoms with Crippen molar-refractivity contribution in [3.63, 3.8) is 0 Å². The lowest BCUT2D eigenvalue weighted by molar-refractivity contribution is 0.0917. The van der Waals surface area contributed by atoms with Gasteiger partial charge in [0.15, 0.2) is 11.5 Å². The number of hydrogen-bond acceptors (Lipinski definition) is 4. The summed E-state index contributed by atoms with van der Waals surface area (Å²) in [6.07, 6.45) is 4.29. The molecule has 0 saturated carbocycles. The van der Waals surface area contributed by atoms with Gasteiger partial charge in [-0.2, -0.15) is 0 Å². The highest BCUT2D eigenvalue weighted by Crippen LogP contribution is 2.29. The van der Waals surface area contributed by atoms with Crippen molar-refractivity contribution in [3.05, 3.63) is 22.6 Å². The van der Waals surface area contributed by atoms with Crippen LogP contribution in [0.1, 0.15) is 57.9 Å². The second-order valence-corrected chi connectivity index (χ2v) is 6.03. The molecule has 3 rings (SSSR count). The summed E-state index contributed by atoms with van der Waals surface area (Å²) in [5.41, 5.74) is 1.35. The van der Waals surface area contributed by atoms with E-state index in [0.717, 1.165) is 32.4 Å². The van der Waals surface area contributed by atoms with Crippen LogP contribution in [-0.2, 0) is 6.42 Å². The van der Waals surface area contributed by atoms with Crippen LogP contribution in [0.25, 0.3) is 0 Å². The van der Waals surface area contributed by atoms with E-state index in [9.17, 15) is 9.59 Å². The van der Waals surface area contributed by atoms with E-state index in [4.69, 9.17) is 4.42 Å². The molecule has 1 aliphatic heterocycles.